The lowest BCUT2D eigenvalue weighted by Crippen LogP contribution is -2.39. The molecule has 0 aliphatic rings. The molecular weight excluding hydrogens is 394 g/mol. The lowest BCUT2D eigenvalue weighted by atomic mass is 10.1. The Morgan fingerprint density at radius 3 is 2.39 bits per heavy atom. The minimum atomic E-state index is -0.633. The summed E-state index contributed by atoms with van der Waals surface area (Å²) in [7, 11) is 1.59. The second kappa shape index (κ2) is 9.80. The summed E-state index contributed by atoms with van der Waals surface area (Å²) >= 11 is 0. The topological polar surface area (TPSA) is 113 Å². The van der Waals surface area contributed by atoms with Crippen LogP contribution in [-0.4, -0.2) is 29.1 Å². The molecule has 0 spiro atoms. The van der Waals surface area contributed by atoms with Crippen LogP contribution in [0, 0.1) is 0 Å². The Hall–Kier alpha value is -3.81. The number of carbonyl (C=O) groups excluding carboxylic acids is 1. The average Bonchev–Trinajstić information content (AvgIpc) is 2.73. The zero-order chi connectivity index (χ0) is 22.4. The van der Waals surface area contributed by atoms with Crippen LogP contribution in [-0.2, 0) is 17.8 Å². The van der Waals surface area contributed by atoms with Crippen molar-refractivity contribution in [3.05, 3.63) is 86.6 Å². The number of carbonyl (C=O) groups is 1. The third kappa shape index (κ3) is 5.42. The van der Waals surface area contributed by atoms with E-state index in [1.54, 1.807) is 7.05 Å². The SMILES string of the molecule is CCCc1ccc(NC(=O)CN(C)c2c(N)n(Cc3ccccc3)c(=O)[nH]c2=O)cc1. The normalized spacial score (nSPS) is 10.6. The van der Waals surface area contributed by atoms with Gasteiger partial charge >= 0.3 is 5.69 Å². The summed E-state index contributed by atoms with van der Waals surface area (Å²) in [6.45, 7) is 2.22. The van der Waals surface area contributed by atoms with Gasteiger partial charge in [0.25, 0.3) is 5.56 Å². The van der Waals surface area contributed by atoms with Crippen molar-refractivity contribution in [3.8, 4) is 0 Å². The molecular formula is C23H27N5O3. The average molecular weight is 422 g/mol. The monoisotopic (exact) mass is 421 g/mol. The highest BCUT2D eigenvalue weighted by Gasteiger charge is 2.18. The number of nitrogens with two attached hydrogens (primary N) is 1. The van der Waals surface area contributed by atoms with Crippen LogP contribution >= 0.6 is 0 Å². The zero-order valence-electron chi connectivity index (χ0n) is 17.7. The molecule has 1 heterocycles. The number of nitrogens with one attached hydrogen (secondary N) is 2. The molecule has 0 aliphatic heterocycles. The van der Waals surface area contributed by atoms with E-state index in [4.69, 9.17) is 5.73 Å². The predicted molar refractivity (Wildman–Crippen MR) is 124 cm³/mol. The van der Waals surface area contributed by atoms with Gasteiger partial charge in [0.1, 0.15) is 11.5 Å². The minimum absolute atomic E-state index is 0.0109. The van der Waals surface area contributed by atoms with Gasteiger partial charge in [-0.2, -0.15) is 0 Å². The molecule has 31 heavy (non-hydrogen) atoms. The summed E-state index contributed by atoms with van der Waals surface area (Å²) in [4.78, 5) is 41.0. The number of rotatable bonds is 8. The number of hydrogen-bond acceptors (Lipinski definition) is 5. The highest BCUT2D eigenvalue weighted by Crippen LogP contribution is 2.17. The van der Waals surface area contributed by atoms with Gasteiger partial charge in [0.05, 0.1) is 13.1 Å². The predicted octanol–water partition coefficient (Wildman–Crippen LogP) is 2.19. The van der Waals surface area contributed by atoms with Crippen LogP contribution < -0.4 is 27.2 Å². The van der Waals surface area contributed by atoms with E-state index in [9.17, 15) is 14.4 Å². The summed E-state index contributed by atoms with van der Waals surface area (Å²) in [6, 6.07) is 17.0. The molecule has 2 aromatic carbocycles. The molecule has 0 saturated heterocycles. The minimum Gasteiger partial charge on any atom is -0.383 e. The molecule has 162 valence electrons. The molecule has 0 fully saturated rings. The number of benzene rings is 2. The van der Waals surface area contributed by atoms with E-state index < -0.39 is 11.2 Å². The van der Waals surface area contributed by atoms with Crippen LogP contribution in [0.15, 0.2) is 64.2 Å². The number of hydrogen-bond donors (Lipinski definition) is 3. The van der Waals surface area contributed by atoms with Crippen LogP contribution in [0.1, 0.15) is 24.5 Å². The van der Waals surface area contributed by atoms with Crippen LogP contribution in [0.4, 0.5) is 17.2 Å². The number of aromatic nitrogens is 2. The molecule has 3 aromatic rings. The Bertz CT molecular complexity index is 1150. The van der Waals surface area contributed by atoms with Crippen LogP contribution in [0.2, 0.25) is 0 Å². The van der Waals surface area contributed by atoms with Gasteiger partial charge < -0.3 is 16.0 Å². The Kier molecular flexibility index (Phi) is 6.92. The number of amides is 1. The summed E-state index contributed by atoms with van der Waals surface area (Å²) in [5.41, 5.74) is 7.76. The molecule has 1 amide bonds. The first-order chi connectivity index (χ1) is 14.9. The van der Waals surface area contributed by atoms with Gasteiger partial charge in [-0.3, -0.25) is 19.1 Å². The van der Waals surface area contributed by atoms with Crippen molar-refractivity contribution >= 4 is 23.1 Å². The quantitative estimate of drug-likeness (QED) is 0.516. The lowest BCUT2D eigenvalue weighted by molar-refractivity contribution is -0.114. The van der Waals surface area contributed by atoms with Gasteiger partial charge in [0.2, 0.25) is 5.91 Å². The molecule has 0 atom stereocenters. The summed E-state index contributed by atoms with van der Waals surface area (Å²) < 4.78 is 1.28. The number of aromatic amines is 1. The van der Waals surface area contributed by atoms with Gasteiger partial charge in [-0.1, -0.05) is 55.8 Å². The Morgan fingerprint density at radius 2 is 1.74 bits per heavy atom. The van der Waals surface area contributed by atoms with Crippen LogP contribution in [0.3, 0.4) is 0 Å². The molecule has 0 bridgehead atoms. The fourth-order valence-corrected chi connectivity index (χ4v) is 3.41. The molecule has 4 N–H and O–H groups in total. The van der Waals surface area contributed by atoms with Crippen molar-refractivity contribution in [3.63, 3.8) is 0 Å². The third-order valence-electron chi connectivity index (χ3n) is 4.94. The molecule has 0 aliphatic carbocycles. The molecule has 3 rings (SSSR count). The molecule has 0 saturated carbocycles. The second-order valence-electron chi connectivity index (χ2n) is 7.42. The van der Waals surface area contributed by atoms with E-state index in [0.29, 0.717) is 5.69 Å². The largest absolute Gasteiger partial charge is 0.383 e. The highest BCUT2D eigenvalue weighted by molar-refractivity contribution is 5.94. The lowest BCUT2D eigenvalue weighted by Gasteiger charge is -2.21. The fraction of sp³-hybridized carbons (Fsp3) is 0.261. The van der Waals surface area contributed by atoms with Crippen LogP contribution in [0.25, 0.3) is 0 Å². The highest BCUT2D eigenvalue weighted by atomic mass is 16.2. The van der Waals surface area contributed by atoms with Gasteiger partial charge in [-0.25, -0.2) is 4.79 Å². The van der Waals surface area contributed by atoms with Crippen LogP contribution in [0.5, 0.6) is 0 Å². The molecule has 1 aromatic heterocycles. The second-order valence-corrected chi connectivity index (χ2v) is 7.42. The molecule has 0 radical (unpaired) electrons. The maximum absolute atomic E-state index is 12.5. The van der Waals surface area contributed by atoms with E-state index in [1.165, 1.54) is 15.0 Å². The van der Waals surface area contributed by atoms with Crippen molar-refractivity contribution in [2.75, 3.05) is 29.5 Å². The van der Waals surface area contributed by atoms with Crippen molar-refractivity contribution in [1.82, 2.24) is 9.55 Å². The van der Waals surface area contributed by atoms with Gasteiger partial charge in [-0.05, 0) is 29.7 Å². The molecule has 8 heteroatoms. The number of likely N-dealkylation sites (N-methyl/N-ethyl adjacent to an activating group) is 1. The van der Waals surface area contributed by atoms with E-state index in [1.807, 2.05) is 54.6 Å². The van der Waals surface area contributed by atoms with Gasteiger partial charge in [-0.15, -0.1) is 0 Å². The number of nitrogens with zero attached hydrogens (tertiary/aromatic N) is 2. The maximum Gasteiger partial charge on any atom is 0.330 e. The standard InChI is InChI=1S/C23H27N5O3/c1-3-7-16-10-12-18(13-11-16)25-19(29)15-27(2)20-21(24)28(23(31)26-22(20)30)14-17-8-5-4-6-9-17/h4-6,8-13H,3,7,14-15,24H2,1-2H3,(H,25,29)(H,26,30,31). The first-order valence-electron chi connectivity index (χ1n) is 10.2. The number of anilines is 3. The van der Waals surface area contributed by atoms with Crippen molar-refractivity contribution < 1.29 is 4.79 Å². The fourth-order valence-electron chi connectivity index (χ4n) is 3.41. The van der Waals surface area contributed by atoms with E-state index in [0.717, 1.165) is 18.4 Å². The van der Waals surface area contributed by atoms with Gasteiger partial charge in [0, 0.05) is 12.7 Å². The Labute approximate surface area is 180 Å². The zero-order valence-corrected chi connectivity index (χ0v) is 17.7. The van der Waals surface area contributed by atoms with Crippen molar-refractivity contribution in [2.24, 2.45) is 0 Å². The van der Waals surface area contributed by atoms with Gasteiger partial charge in [0.15, 0.2) is 0 Å². The van der Waals surface area contributed by atoms with E-state index in [2.05, 4.69) is 17.2 Å². The van der Waals surface area contributed by atoms with Crippen molar-refractivity contribution in [2.45, 2.75) is 26.3 Å². The smallest absolute Gasteiger partial charge is 0.330 e. The number of aryl methyl sites for hydroxylation is 1. The summed E-state index contributed by atoms with van der Waals surface area (Å²) in [6.07, 6.45) is 2.04. The number of H-pyrrole nitrogens is 1. The summed E-state index contributed by atoms with van der Waals surface area (Å²) in [5.74, 6) is -0.290. The Balaban J connectivity index is 1.76. The molecule has 0 unspecified atom stereocenters. The third-order valence-corrected chi connectivity index (χ3v) is 4.94. The van der Waals surface area contributed by atoms with E-state index >= 15 is 0 Å². The van der Waals surface area contributed by atoms with E-state index in [-0.39, 0.29) is 30.5 Å². The molecule has 8 nitrogen and oxygen atoms in total. The summed E-state index contributed by atoms with van der Waals surface area (Å²) in [5, 5.41) is 2.81. The first kappa shape index (κ1) is 21.9. The maximum atomic E-state index is 12.5. The van der Waals surface area contributed by atoms with Crippen molar-refractivity contribution in [1.29, 1.82) is 0 Å². The first-order valence-corrected chi connectivity index (χ1v) is 10.2. The number of nitrogen functional groups attached to an aromatic ring is 1. The Morgan fingerprint density at radius 1 is 1.06 bits per heavy atom.